The van der Waals surface area contributed by atoms with Crippen LogP contribution >= 0.6 is 30.1 Å². The Morgan fingerprint density at radius 1 is 1.57 bits per heavy atom. The van der Waals surface area contributed by atoms with Crippen LogP contribution < -0.4 is 5.32 Å². The first kappa shape index (κ1) is 14.7. The Morgan fingerprint density at radius 2 is 2.36 bits per heavy atom. The Kier molecular flexibility index (Phi) is 12.4. The number of hydrogen-bond acceptors (Lipinski definition) is 6. The third-order valence-corrected chi connectivity index (χ3v) is 5.74. The lowest BCUT2D eigenvalue weighted by Crippen LogP contribution is -2.16. The lowest BCUT2D eigenvalue weighted by Gasteiger charge is -2.06. The molecule has 0 amide bonds. The summed E-state index contributed by atoms with van der Waals surface area (Å²) in [6.45, 7) is 1.38. The summed E-state index contributed by atoms with van der Waals surface area (Å²) in [5.74, 6) is 1.77. The highest BCUT2D eigenvalue weighted by Crippen LogP contribution is 2.38. The minimum atomic E-state index is -1.14. The van der Waals surface area contributed by atoms with Gasteiger partial charge in [0.1, 0.15) is 12.9 Å². The molecule has 0 fully saturated rings. The molecule has 0 saturated heterocycles. The van der Waals surface area contributed by atoms with Crippen LogP contribution in [-0.2, 0) is 21.1 Å². The van der Waals surface area contributed by atoms with Gasteiger partial charge in [0.25, 0.3) is 0 Å². The van der Waals surface area contributed by atoms with Crippen LogP contribution in [0.15, 0.2) is 0 Å². The second kappa shape index (κ2) is 11.8. The molecule has 0 aromatic carbocycles. The van der Waals surface area contributed by atoms with E-state index in [-0.39, 0.29) is 0 Å². The maximum atomic E-state index is 6.66. The van der Waals surface area contributed by atoms with Crippen molar-refractivity contribution >= 4 is 48.3 Å². The molecule has 0 aliphatic carbocycles. The van der Waals surface area contributed by atoms with Crippen molar-refractivity contribution < 1.29 is 9.26 Å². The molecule has 0 saturated carbocycles. The van der Waals surface area contributed by atoms with Crippen molar-refractivity contribution in [2.24, 2.45) is 0 Å². The van der Waals surface area contributed by atoms with Crippen molar-refractivity contribution in [3.8, 4) is 0 Å². The molecule has 0 radical (unpaired) electrons. The van der Waals surface area contributed by atoms with Crippen molar-refractivity contribution in [1.82, 2.24) is 5.32 Å². The summed E-state index contributed by atoms with van der Waals surface area (Å²) >= 11 is 10.8. The minimum Gasteiger partial charge on any atom is -0.359 e. The van der Waals surface area contributed by atoms with Gasteiger partial charge in [-0.2, -0.15) is 12.6 Å². The van der Waals surface area contributed by atoms with Crippen LogP contribution in [0.25, 0.3) is 0 Å². The van der Waals surface area contributed by atoms with Crippen LogP contribution in [0.1, 0.15) is 0 Å². The molecule has 0 aromatic heterocycles. The molecule has 0 aliphatic heterocycles. The van der Waals surface area contributed by atoms with Crippen molar-refractivity contribution in [3.05, 3.63) is 0 Å². The van der Waals surface area contributed by atoms with Gasteiger partial charge < -0.3 is 14.6 Å². The van der Waals surface area contributed by atoms with Crippen LogP contribution in [0.4, 0.5) is 0 Å². The zero-order chi connectivity index (χ0) is 10.6. The third kappa shape index (κ3) is 10.8. The first-order valence-electron chi connectivity index (χ1n) is 4.01. The minimum absolute atomic E-state index is 0.343. The Morgan fingerprint density at radius 3 is 3.00 bits per heavy atom. The fourth-order valence-electron chi connectivity index (χ4n) is 0.527. The average Bonchev–Trinajstić information content (AvgIpc) is 2.20. The predicted octanol–water partition coefficient (Wildman–Crippen LogP) is 1.34. The van der Waals surface area contributed by atoms with E-state index in [4.69, 9.17) is 26.5 Å². The number of hydrogen-bond donors (Lipinski definition) is 3. The monoisotopic (exact) mass is 274 g/mol. The molecule has 0 aliphatic rings. The molecule has 1 atom stereocenters. The van der Waals surface area contributed by atoms with E-state index in [1.165, 1.54) is 0 Å². The van der Waals surface area contributed by atoms with E-state index in [2.05, 4.69) is 17.9 Å². The van der Waals surface area contributed by atoms with E-state index < -0.39 is 6.13 Å². The van der Waals surface area contributed by atoms with Crippen LogP contribution in [0.3, 0.4) is 0 Å². The molecule has 0 spiro atoms. The summed E-state index contributed by atoms with van der Waals surface area (Å²) < 4.78 is 10.4. The van der Waals surface area contributed by atoms with Gasteiger partial charge in [0.15, 0.2) is 0 Å². The molecule has 84 valence electrons. The van der Waals surface area contributed by atoms with E-state index in [0.29, 0.717) is 19.9 Å². The zero-order valence-corrected chi connectivity index (χ0v) is 11.2. The number of rotatable bonds is 10. The van der Waals surface area contributed by atoms with Gasteiger partial charge in [-0.1, -0.05) is 11.8 Å². The van der Waals surface area contributed by atoms with E-state index in [1.54, 1.807) is 11.4 Å². The van der Waals surface area contributed by atoms with Gasteiger partial charge in [-0.05, 0) is 5.75 Å². The predicted molar refractivity (Wildman–Crippen MR) is 70.7 cm³/mol. The third-order valence-electron chi connectivity index (χ3n) is 1.05. The van der Waals surface area contributed by atoms with Crippen LogP contribution in [0, 0.1) is 5.41 Å². The molecule has 0 heterocycles. The first-order valence-corrected chi connectivity index (χ1v) is 8.90. The van der Waals surface area contributed by atoms with E-state index in [0.717, 1.165) is 17.8 Å². The maximum Gasteiger partial charge on any atom is 0.117 e. The second-order valence-corrected chi connectivity index (χ2v) is 7.87. The molecule has 0 bridgehead atoms. The lowest BCUT2D eigenvalue weighted by molar-refractivity contribution is 0.102. The van der Waals surface area contributed by atoms with Gasteiger partial charge in [-0.15, -0.1) is 11.4 Å². The van der Waals surface area contributed by atoms with Gasteiger partial charge in [0, 0.05) is 5.75 Å². The summed E-state index contributed by atoms with van der Waals surface area (Å²) in [7, 11) is 0. The van der Waals surface area contributed by atoms with Crippen LogP contribution in [0.5, 0.6) is 0 Å². The highest BCUT2D eigenvalue weighted by molar-refractivity contribution is 8.62. The summed E-state index contributed by atoms with van der Waals surface area (Å²) in [4.78, 5) is 0. The Hall–Kier alpha value is 0.740. The lowest BCUT2D eigenvalue weighted by atomic mass is 10.8. The summed E-state index contributed by atoms with van der Waals surface area (Å²) in [5.41, 5.74) is 0. The Bertz CT molecular complexity index is 173. The molecule has 8 heteroatoms. The normalized spacial score (nSPS) is 12.4. The number of ether oxygens (including phenoxy) is 1. The van der Waals surface area contributed by atoms with Gasteiger partial charge in [-0.3, -0.25) is 5.41 Å². The van der Waals surface area contributed by atoms with Gasteiger partial charge >= 0.3 is 0 Å². The Balaban J connectivity index is 3.10. The molecule has 1 unspecified atom stereocenters. The quantitative estimate of drug-likeness (QED) is 0.140. The fourth-order valence-corrected chi connectivity index (χ4v) is 4.21. The summed E-state index contributed by atoms with van der Waals surface area (Å²) in [6, 6.07) is 0. The van der Waals surface area contributed by atoms with Crippen molar-refractivity contribution in [2.75, 3.05) is 31.5 Å². The number of thiol groups is 1. The zero-order valence-electron chi connectivity index (χ0n) is 7.69. The largest absolute Gasteiger partial charge is 0.359 e. The highest BCUT2D eigenvalue weighted by Gasteiger charge is 1.94. The van der Waals surface area contributed by atoms with Gasteiger partial charge in [-0.25, -0.2) is 0 Å². The second-order valence-electron chi connectivity index (χ2n) is 2.07. The Labute approximate surface area is 99.7 Å². The van der Waals surface area contributed by atoms with Crippen molar-refractivity contribution in [2.45, 2.75) is 0 Å². The van der Waals surface area contributed by atoms with Gasteiger partial charge in [0.05, 0.1) is 19.6 Å². The standard InChI is InChI=1S/C6H15N2O2PS3/c7-5-8-6-9-1-2-10-11(13)14-4-3-12/h5,11-12H,1-4,6H2,(H2,7,8). The smallest absolute Gasteiger partial charge is 0.117 e. The molecule has 0 rings (SSSR count). The molecule has 2 N–H and O–H groups in total. The number of nitrogens with one attached hydrogen (secondary N) is 2. The summed E-state index contributed by atoms with van der Waals surface area (Å²) in [5, 5.41) is 9.26. The average molecular weight is 274 g/mol. The van der Waals surface area contributed by atoms with Crippen LogP contribution in [0.2, 0.25) is 0 Å². The summed E-state index contributed by atoms with van der Waals surface area (Å²) in [6.07, 6.45) is -0.0499. The molecule has 0 aromatic rings. The highest BCUT2D eigenvalue weighted by atomic mass is 32.9. The molecule has 4 nitrogen and oxygen atoms in total. The van der Waals surface area contributed by atoms with E-state index >= 15 is 0 Å². The molecular weight excluding hydrogens is 259 g/mol. The van der Waals surface area contributed by atoms with E-state index in [9.17, 15) is 0 Å². The van der Waals surface area contributed by atoms with Crippen molar-refractivity contribution in [1.29, 1.82) is 5.41 Å². The first-order chi connectivity index (χ1) is 6.81. The molecular formula is C6H15N2O2PS3. The maximum absolute atomic E-state index is 6.66. The fraction of sp³-hybridized carbons (Fsp3) is 0.833. The SMILES string of the molecule is N=CNCOCCO[PH](=S)SCCS. The van der Waals surface area contributed by atoms with Crippen LogP contribution in [-0.4, -0.2) is 37.8 Å². The van der Waals surface area contributed by atoms with Crippen molar-refractivity contribution in [3.63, 3.8) is 0 Å². The van der Waals surface area contributed by atoms with E-state index in [1.807, 2.05) is 0 Å². The van der Waals surface area contributed by atoms with Gasteiger partial charge in [0.2, 0.25) is 0 Å². The topological polar surface area (TPSA) is 54.3 Å². The molecule has 14 heavy (non-hydrogen) atoms.